The van der Waals surface area contributed by atoms with E-state index in [4.69, 9.17) is 8.83 Å². The number of nitrogens with one attached hydrogen (secondary N) is 1. The average molecular weight is 601 g/mol. The van der Waals surface area contributed by atoms with E-state index in [1.165, 1.54) is 22.9 Å². The molecule has 7 rings (SSSR count). The summed E-state index contributed by atoms with van der Waals surface area (Å²) in [7, 11) is 0. The first-order chi connectivity index (χ1) is 20.3. The number of hydrogen-bond acceptors (Lipinski definition) is 5. The second-order valence-electron chi connectivity index (χ2n) is 12.6. The van der Waals surface area contributed by atoms with Crippen molar-refractivity contribution in [3.63, 3.8) is 0 Å². The molecule has 2 saturated heterocycles. The molecule has 0 amide bonds. The molecule has 4 atom stereocenters. The van der Waals surface area contributed by atoms with Crippen LogP contribution in [0.1, 0.15) is 60.8 Å². The molecule has 43 heavy (non-hydrogen) atoms. The van der Waals surface area contributed by atoms with E-state index >= 15 is 0 Å². The zero-order valence-corrected chi connectivity index (χ0v) is 26.6. The van der Waals surface area contributed by atoms with Crippen LogP contribution in [-0.4, -0.2) is 36.2 Å². The number of nitrogens with zero attached hydrogens (tertiary/aromatic N) is 1. The van der Waals surface area contributed by atoms with E-state index in [9.17, 15) is 5.11 Å². The van der Waals surface area contributed by atoms with Crippen LogP contribution >= 0.6 is 12.4 Å². The van der Waals surface area contributed by atoms with Crippen LogP contribution < -0.4 is 5.32 Å². The SMILES string of the molecule is Cc1cc2cccc(C3(O)CCN(Cc4ccccc4)CC3C)c2o1.Cc1cc2cccc(C3CCNCC3C)c2o1.Cl. The van der Waals surface area contributed by atoms with Gasteiger partial charge in [0.25, 0.3) is 0 Å². The van der Waals surface area contributed by atoms with Crippen LogP contribution in [0.2, 0.25) is 0 Å². The van der Waals surface area contributed by atoms with Gasteiger partial charge in [-0.05, 0) is 74.9 Å². The lowest BCUT2D eigenvalue weighted by molar-refractivity contribution is -0.0722. The zero-order chi connectivity index (χ0) is 29.3. The number of halogens is 1. The Morgan fingerprint density at radius 1 is 0.884 bits per heavy atom. The van der Waals surface area contributed by atoms with Gasteiger partial charge in [0, 0.05) is 41.9 Å². The summed E-state index contributed by atoms with van der Waals surface area (Å²) < 4.78 is 11.8. The lowest BCUT2D eigenvalue weighted by Gasteiger charge is -2.43. The van der Waals surface area contributed by atoms with Gasteiger partial charge < -0.3 is 19.3 Å². The molecule has 0 bridgehead atoms. The topological polar surface area (TPSA) is 61.8 Å². The van der Waals surface area contributed by atoms with E-state index in [0.29, 0.717) is 11.8 Å². The summed E-state index contributed by atoms with van der Waals surface area (Å²) in [5, 5.41) is 17.3. The highest BCUT2D eigenvalue weighted by atomic mass is 35.5. The fourth-order valence-electron chi connectivity index (χ4n) is 7.11. The molecule has 4 unspecified atom stereocenters. The third kappa shape index (κ3) is 6.56. The smallest absolute Gasteiger partial charge is 0.140 e. The molecule has 228 valence electrons. The number of para-hydroxylation sites is 2. The summed E-state index contributed by atoms with van der Waals surface area (Å²) in [4.78, 5) is 2.43. The summed E-state index contributed by atoms with van der Waals surface area (Å²) in [6, 6.07) is 27.3. The number of fused-ring (bicyclic) bond motifs is 2. The maximum Gasteiger partial charge on any atom is 0.140 e. The van der Waals surface area contributed by atoms with Crippen LogP contribution in [0.3, 0.4) is 0 Å². The Balaban J connectivity index is 0.000000179. The number of rotatable bonds is 4. The van der Waals surface area contributed by atoms with Crippen LogP contribution in [0, 0.1) is 25.7 Å². The number of likely N-dealkylation sites (tertiary alicyclic amines) is 1. The molecule has 0 saturated carbocycles. The van der Waals surface area contributed by atoms with Gasteiger partial charge in [0.1, 0.15) is 22.7 Å². The van der Waals surface area contributed by atoms with Gasteiger partial charge in [0.2, 0.25) is 0 Å². The van der Waals surface area contributed by atoms with Crippen molar-refractivity contribution in [3.8, 4) is 0 Å². The van der Waals surface area contributed by atoms with Gasteiger partial charge in [-0.2, -0.15) is 0 Å². The molecule has 2 fully saturated rings. The number of furan rings is 2. The van der Waals surface area contributed by atoms with E-state index in [2.05, 4.69) is 72.6 Å². The zero-order valence-electron chi connectivity index (χ0n) is 25.8. The molecule has 0 aliphatic carbocycles. The third-order valence-electron chi connectivity index (χ3n) is 9.42. The van der Waals surface area contributed by atoms with Gasteiger partial charge in [0.15, 0.2) is 0 Å². The molecular formula is C37H45ClN2O3. The number of piperidine rings is 2. The molecule has 2 N–H and O–H groups in total. The van der Waals surface area contributed by atoms with Gasteiger partial charge in [-0.3, -0.25) is 4.90 Å². The first-order valence-electron chi connectivity index (χ1n) is 15.5. The van der Waals surface area contributed by atoms with Crippen molar-refractivity contribution in [2.45, 2.75) is 58.6 Å². The highest BCUT2D eigenvalue weighted by molar-refractivity contribution is 5.85. The van der Waals surface area contributed by atoms with E-state index < -0.39 is 5.60 Å². The Kier molecular flexibility index (Phi) is 9.67. The molecule has 0 spiro atoms. The first-order valence-corrected chi connectivity index (χ1v) is 15.5. The van der Waals surface area contributed by atoms with Gasteiger partial charge in [-0.25, -0.2) is 0 Å². The van der Waals surface area contributed by atoms with E-state index in [1.807, 2.05) is 44.2 Å². The van der Waals surface area contributed by atoms with Crippen molar-refractivity contribution < 1.29 is 13.9 Å². The lowest BCUT2D eigenvalue weighted by Crippen LogP contribution is -2.48. The largest absolute Gasteiger partial charge is 0.461 e. The second kappa shape index (κ2) is 13.3. The summed E-state index contributed by atoms with van der Waals surface area (Å²) >= 11 is 0. The van der Waals surface area contributed by atoms with Crippen LogP contribution in [0.25, 0.3) is 21.9 Å². The minimum atomic E-state index is -0.836. The molecular weight excluding hydrogens is 556 g/mol. The van der Waals surface area contributed by atoms with E-state index in [-0.39, 0.29) is 18.3 Å². The van der Waals surface area contributed by atoms with Crippen molar-refractivity contribution in [2.75, 3.05) is 26.2 Å². The monoisotopic (exact) mass is 600 g/mol. The predicted molar refractivity (Wildman–Crippen MR) is 178 cm³/mol. The van der Waals surface area contributed by atoms with E-state index in [0.717, 1.165) is 72.8 Å². The van der Waals surface area contributed by atoms with E-state index in [1.54, 1.807) is 0 Å². The Morgan fingerprint density at radius 2 is 1.56 bits per heavy atom. The van der Waals surface area contributed by atoms with Gasteiger partial charge >= 0.3 is 0 Å². The Labute approximate surface area is 261 Å². The molecule has 3 aromatic carbocycles. The Bertz CT molecular complexity index is 1640. The minimum Gasteiger partial charge on any atom is -0.461 e. The quantitative estimate of drug-likeness (QED) is 0.217. The highest BCUT2D eigenvalue weighted by Gasteiger charge is 2.42. The molecule has 2 aliphatic heterocycles. The van der Waals surface area contributed by atoms with Crippen molar-refractivity contribution in [3.05, 3.63) is 107 Å². The number of hydrogen-bond donors (Lipinski definition) is 2. The predicted octanol–water partition coefficient (Wildman–Crippen LogP) is 8.35. The second-order valence-corrected chi connectivity index (χ2v) is 12.6. The molecule has 2 aliphatic rings. The number of aryl methyl sites for hydroxylation is 2. The molecule has 2 aromatic heterocycles. The lowest BCUT2D eigenvalue weighted by atomic mass is 9.76. The van der Waals surface area contributed by atoms with Crippen LogP contribution in [0.15, 0.2) is 87.7 Å². The Hall–Kier alpha value is -3.09. The van der Waals surface area contributed by atoms with Gasteiger partial charge in [-0.15, -0.1) is 12.4 Å². The van der Waals surface area contributed by atoms with Crippen LogP contribution in [-0.2, 0) is 12.1 Å². The standard InChI is InChI=1S/C22H25NO2.C15H19NO.ClH/c1-16-14-23(15-18-7-4-3-5-8-18)12-11-22(16,24)20-10-6-9-19-13-17(2)25-21(19)20;1-10-9-16-7-6-13(10)14-5-3-4-12-8-11(2)17-15(12)14;/h3-10,13,16,24H,11-12,14-15H2,1-2H3;3-5,8,10,13,16H,6-7,9H2,1-2H3;1H. The first kappa shape index (κ1) is 31.3. The minimum absolute atomic E-state index is 0. The van der Waals surface area contributed by atoms with Gasteiger partial charge in [-0.1, -0.05) is 80.6 Å². The molecule has 6 heteroatoms. The molecule has 5 aromatic rings. The average Bonchev–Trinajstić information content (AvgIpc) is 3.57. The summed E-state index contributed by atoms with van der Waals surface area (Å²) in [5.74, 6) is 3.35. The molecule has 5 nitrogen and oxygen atoms in total. The van der Waals surface area contributed by atoms with Crippen molar-refractivity contribution in [1.29, 1.82) is 0 Å². The summed E-state index contributed by atoms with van der Waals surface area (Å²) in [6.45, 7) is 13.4. The Morgan fingerprint density at radius 3 is 2.26 bits per heavy atom. The van der Waals surface area contributed by atoms with Crippen LogP contribution in [0.5, 0.6) is 0 Å². The third-order valence-corrected chi connectivity index (χ3v) is 9.42. The van der Waals surface area contributed by atoms with Crippen LogP contribution in [0.4, 0.5) is 0 Å². The van der Waals surface area contributed by atoms with Crippen molar-refractivity contribution in [2.24, 2.45) is 11.8 Å². The van der Waals surface area contributed by atoms with Gasteiger partial charge in [0.05, 0.1) is 5.60 Å². The molecule has 4 heterocycles. The van der Waals surface area contributed by atoms with Crippen molar-refractivity contribution in [1.82, 2.24) is 10.2 Å². The molecule has 0 radical (unpaired) electrons. The fraction of sp³-hybridized carbons (Fsp3) is 0.405. The maximum atomic E-state index is 11.5. The van der Waals surface area contributed by atoms with Crippen molar-refractivity contribution >= 4 is 34.3 Å². The fourth-order valence-corrected chi connectivity index (χ4v) is 7.11. The number of benzene rings is 3. The number of aliphatic hydroxyl groups is 1. The highest BCUT2D eigenvalue weighted by Crippen LogP contribution is 2.41. The summed E-state index contributed by atoms with van der Waals surface area (Å²) in [6.07, 6.45) is 1.93. The summed E-state index contributed by atoms with van der Waals surface area (Å²) in [5.41, 5.74) is 4.75. The maximum absolute atomic E-state index is 11.5. The normalized spacial score (nSPS) is 24.3.